The smallest absolute Gasteiger partial charge is 0.309 e. The molecule has 1 aromatic carbocycles. The van der Waals surface area contributed by atoms with Gasteiger partial charge < -0.3 is 9.64 Å². The Labute approximate surface area is 136 Å². The number of hydrogen-bond donors (Lipinski definition) is 0. The molecule has 1 aliphatic rings. The number of likely N-dealkylation sites (N-methyl/N-ethyl adjacent to an activating group) is 1. The molecule has 2 heterocycles. The van der Waals surface area contributed by atoms with Crippen LogP contribution in [0.25, 0.3) is 5.69 Å². The molecule has 0 bridgehead atoms. The molecule has 5 heteroatoms. The highest BCUT2D eigenvalue weighted by molar-refractivity contribution is 5.72. The number of hydrogen-bond acceptors (Lipinski definition) is 4. The quantitative estimate of drug-likeness (QED) is 0.812. The zero-order valence-electron chi connectivity index (χ0n) is 14.0. The monoisotopic (exact) mass is 313 g/mol. The average Bonchev–Trinajstić information content (AvgIpc) is 2.93. The Balaban J connectivity index is 1.91. The number of fused-ring (bicyclic) bond motifs is 1. The van der Waals surface area contributed by atoms with Crippen LogP contribution in [-0.4, -0.2) is 41.4 Å². The van der Waals surface area contributed by atoms with Crippen LogP contribution in [0.3, 0.4) is 0 Å². The normalized spacial score (nSPS) is 14.6. The third-order valence-electron chi connectivity index (χ3n) is 4.42. The minimum Gasteiger partial charge on any atom is -0.469 e. The molecule has 0 saturated heterocycles. The highest BCUT2D eigenvalue weighted by atomic mass is 16.5. The first-order chi connectivity index (χ1) is 11.1. The second kappa shape index (κ2) is 6.54. The zero-order valence-corrected chi connectivity index (χ0v) is 14.0. The topological polar surface area (TPSA) is 47.4 Å². The van der Waals surface area contributed by atoms with Gasteiger partial charge in [0.2, 0.25) is 0 Å². The number of ether oxygens (including phenoxy) is 1. The van der Waals surface area contributed by atoms with Crippen molar-refractivity contribution in [1.29, 1.82) is 0 Å². The molecule has 23 heavy (non-hydrogen) atoms. The Morgan fingerprint density at radius 2 is 2.04 bits per heavy atom. The molecule has 0 saturated carbocycles. The fraction of sp³-hybridized carbons (Fsp3) is 0.444. The number of nitrogens with zero attached hydrogens (tertiary/aromatic N) is 3. The zero-order chi connectivity index (χ0) is 16.4. The van der Waals surface area contributed by atoms with Gasteiger partial charge in [-0.25, -0.2) is 4.68 Å². The van der Waals surface area contributed by atoms with Gasteiger partial charge in [0.1, 0.15) is 0 Å². The van der Waals surface area contributed by atoms with Crippen molar-refractivity contribution in [2.24, 2.45) is 0 Å². The number of carbonyl (C=O) groups is 1. The molecule has 0 fully saturated rings. The Hall–Kier alpha value is -2.14. The minimum absolute atomic E-state index is 0.217. The fourth-order valence-electron chi connectivity index (χ4n) is 3.11. The van der Waals surface area contributed by atoms with Crippen molar-refractivity contribution in [2.75, 3.05) is 20.7 Å². The standard InChI is InChI=1S/C18H23N3O2/c1-4-16-15-12-20(2)10-9-17(15)21(19-16)14-7-5-13(6-8-14)11-18(22)23-3/h5-8H,4,9-12H2,1-3H3. The van der Waals surface area contributed by atoms with Crippen molar-refractivity contribution in [3.63, 3.8) is 0 Å². The van der Waals surface area contributed by atoms with Gasteiger partial charge in [-0.05, 0) is 31.2 Å². The summed E-state index contributed by atoms with van der Waals surface area (Å²) in [7, 11) is 3.57. The van der Waals surface area contributed by atoms with Crippen LogP contribution in [0.15, 0.2) is 24.3 Å². The summed E-state index contributed by atoms with van der Waals surface area (Å²) in [4.78, 5) is 13.7. The predicted octanol–water partition coefficient (Wildman–Crippen LogP) is 2.14. The van der Waals surface area contributed by atoms with Crippen LogP contribution in [0.1, 0.15) is 29.4 Å². The largest absolute Gasteiger partial charge is 0.469 e. The maximum absolute atomic E-state index is 11.4. The van der Waals surface area contributed by atoms with Crippen LogP contribution >= 0.6 is 0 Å². The van der Waals surface area contributed by atoms with Crippen molar-refractivity contribution in [3.05, 3.63) is 46.8 Å². The van der Waals surface area contributed by atoms with Gasteiger partial charge in [-0.2, -0.15) is 5.10 Å². The van der Waals surface area contributed by atoms with E-state index in [9.17, 15) is 4.79 Å². The lowest BCUT2D eigenvalue weighted by Crippen LogP contribution is -2.27. The molecule has 0 atom stereocenters. The molecule has 0 radical (unpaired) electrons. The molecular formula is C18H23N3O2. The van der Waals surface area contributed by atoms with E-state index in [0.717, 1.165) is 37.2 Å². The molecule has 122 valence electrons. The number of benzene rings is 1. The van der Waals surface area contributed by atoms with Crippen LogP contribution in [0, 0.1) is 0 Å². The number of esters is 1. The van der Waals surface area contributed by atoms with Crippen LogP contribution in [-0.2, 0) is 35.3 Å². The summed E-state index contributed by atoms with van der Waals surface area (Å²) in [5.74, 6) is -0.217. The Morgan fingerprint density at radius 1 is 1.30 bits per heavy atom. The minimum atomic E-state index is -0.217. The summed E-state index contributed by atoms with van der Waals surface area (Å²) >= 11 is 0. The van der Waals surface area contributed by atoms with Crippen molar-refractivity contribution >= 4 is 5.97 Å². The van der Waals surface area contributed by atoms with E-state index in [1.165, 1.54) is 24.1 Å². The third-order valence-corrected chi connectivity index (χ3v) is 4.42. The maximum Gasteiger partial charge on any atom is 0.309 e. The summed E-state index contributed by atoms with van der Waals surface area (Å²) < 4.78 is 6.78. The Kier molecular flexibility index (Phi) is 4.48. The number of aromatic nitrogens is 2. The number of methoxy groups -OCH3 is 1. The molecular weight excluding hydrogens is 290 g/mol. The van der Waals surface area contributed by atoms with Gasteiger partial charge in [0.05, 0.1) is 30.6 Å². The van der Waals surface area contributed by atoms with Gasteiger partial charge in [-0.1, -0.05) is 19.1 Å². The van der Waals surface area contributed by atoms with E-state index < -0.39 is 0 Å². The molecule has 3 rings (SSSR count). The number of carbonyl (C=O) groups excluding carboxylic acids is 1. The van der Waals surface area contributed by atoms with Gasteiger partial charge in [0.25, 0.3) is 0 Å². The van der Waals surface area contributed by atoms with Crippen LogP contribution in [0.4, 0.5) is 0 Å². The molecule has 0 aliphatic carbocycles. The second-order valence-electron chi connectivity index (χ2n) is 6.04. The van der Waals surface area contributed by atoms with Crippen LogP contribution < -0.4 is 0 Å². The highest BCUT2D eigenvalue weighted by Gasteiger charge is 2.22. The fourth-order valence-corrected chi connectivity index (χ4v) is 3.11. The van der Waals surface area contributed by atoms with Gasteiger partial charge in [0, 0.05) is 25.1 Å². The van der Waals surface area contributed by atoms with Crippen LogP contribution in [0.5, 0.6) is 0 Å². The Bertz CT molecular complexity index is 704. The molecule has 0 spiro atoms. The van der Waals surface area contributed by atoms with Gasteiger partial charge in [-0.15, -0.1) is 0 Å². The SMILES string of the molecule is CCc1nn(-c2ccc(CC(=O)OC)cc2)c2c1CN(C)CC2. The molecule has 1 aliphatic heterocycles. The third kappa shape index (κ3) is 3.15. The average molecular weight is 313 g/mol. The lowest BCUT2D eigenvalue weighted by molar-refractivity contribution is -0.139. The first-order valence-corrected chi connectivity index (χ1v) is 8.06. The summed E-state index contributed by atoms with van der Waals surface area (Å²) in [6.07, 6.45) is 2.27. The molecule has 0 N–H and O–H groups in total. The molecule has 1 aromatic heterocycles. The molecule has 5 nitrogen and oxygen atoms in total. The molecule has 0 amide bonds. The van der Waals surface area contributed by atoms with E-state index in [1.807, 2.05) is 24.3 Å². The van der Waals surface area contributed by atoms with Gasteiger partial charge in [0.15, 0.2) is 0 Å². The van der Waals surface area contributed by atoms with E-state index in [2.05, 4.69) is 23.6 Å². The lowest BCUT2D eigenvalue weighted by atomic mass is 10.0. The lowest BCUT2D eigenvalue weighted by Gasteiger charge is -2.23. The maximum atomic E-state index is 11.4. The Morgan fingerprint density at radius 3 is 2.70 bits per heavy atom. The number of aryl methyl sites for hydroxylation is 1. The van der Waals surface area contributed by atoms with Gasteiger partial charge >= 0.3 is 5.97 Å². The van der Waals surface area contributed by atoms with Crippen molar-refractivity contribution in [1.82, 2.24) is 14.7 Å². The predicted molar refractivity (Wildman–Crippen MR) is 88.7 cm³/mol. The van der Waals surface area contributed by atoms with Crippen molar-refractivity contribution < 1.29 is 9.53 Å². The van der Waals surface area contributed by atoms with E-state index in [0.29, 0.717) is 6.42 Å². The summed E-state index contributed by atoms with van der Waals surface area (Å²) in [6.45, 7) is 4.18. The first-order valence-electron chi connectivity index (χ1n) is 8.06. The van der Waals surface area contributed by atoms with E-state index in [-0.39, 0.29) is 5.97 Å². The second-order valence-corrected chi connectivity index (χ2v) is 6.04. The van der Waals surface area contributed by atoms with Crippen molar-refractivity contribution in [2.45, 2.75) is 32.7 Å². The van der Waals surface area contributed by atoms with Crippen molar-refractivity contribution in [3.8, 4) is 5.69 Å². The summed E-state index contributed by atoms with van der Waals surface area (Å²) in [5, 5.41) is 4.82. The number of rotatable bonds is 4. The van der Waals surface area contributed by atoms with Gasteiger partial charge in [-0.3, -0.25) is 4.79 Å². The molecule has 2 aromatic rings. The summed E-state index contributed by atoms with van der Waals surface area (Å²) in [5.41, 5.74) is 5.89. The first kappa shape index (κ1) is 15.7. The van der Waals surface area contributed by atoms with E-state index in [4.69, 9.17) is 9.84 Å². The summed E-state index contributed by atoms with van der Waals surface area (Å²) in [6, 6.07) is 8.01. The van der Waals surface area contributed by atoms with E-state index in [1.54, 1.807) is 0 Å². The van der Waals surface area contributed by atoms with E-state index >= 15 is 0 Å². The highest BCUT2D eigenvalue weighted by Crippen LogP contribution is 2.25. The van der Waals surface area contributed by atoms with Crippen LogP contribution in [0.2, 0.25) is 0 Å². The molecule has 0 unspecified atom stereocenters.